The first-order valence-corrected chi connectivity index (χ1v) is 6.94. The van der Waals surface area contributed by atoms with Gasteiger partial charge in [0.15, 0.2) is 0 Å². The van der Waals surface area contributed by atoms with Crippen LogP contribution in [0.25, 0.3) is 6.08 Å². The summed E-state index contributed by atoms with van der Waals surface area (Å²) in [4.78, 5) is 16.3. The van der Waals surface area contributed by atoms with Crippen LogP contribution in [0.4, 0.5) is 0 Å². The quantitative estimate of drug-likeness (QED) is 0.804. The van der Waals surface area contributed by atoms with Gasteiger partial charge in [0, 0.05) is 18.5 Å². The molecule has 0 saturated heterocycles. The van der Waals surface area contributed by atoms with E-state index in [-0.39, 0.29) is 16.6 Å². The smallest absolute Gasteiger partial charge is 0.255 e. The highest BCUT2D eigenvalue weighted by molar-refractivity contribution is 6.29. The summed E-state index contributed by atoms with van der Waals surface area (Å²) in [5, 5.41) is 0.252. The molecule has 0 spiro atoms. The average molecular weight is 289 g/mol. The third-order valence-corrected chi connectivity index (χ3v) is 3.11. The van der Waals surface area contributed by atoms with Crippen molar-refractivity contribution >= 4 is 17.7 Å². The van der Waals surface area contributed by atoms with Crippen molar-refractivity contribution in [2.45, 2.75) is 26.3 Å². The predicted octanol–water partition coefficient (Wildman–Crippen LogP) is 3.73. The maximum atomic E-state index is 12.0. The van der Waals surface area contributed by atoms with E-state index in [0.29, 0.717) is 12.4 Å². The molecule has 0 aliphatic rings. The molecule has 0 amide bonds. The van der Waals surface area contributed by atoms with Crippen molar-refractivity contribution in [2.24, 2.45) is 0 Å². The normalized spacial score (nSPS) is 11.4. The van der Waals surface area contributed by atoms with Crippen molar-refractivity contribution in [3.63, 3.8) is 0 Å². The molecule has 0 aliphatic heterocycles. The summed E-state index contributed by atoms with van der Waals surface area (Å²) >= 11 is 5.85. The Labute approximate surface area is 123 Å². The van der Waals surface area contributed by atoms with Gasteiger partial charge in [-0.05, 0) is 5.56 Å². The van der Waals surface area contributed by atoms with Gasteiger partial charge in [-0.1, -0.05) is 67.9 Å². The number of rotatable bonds is 4. The number of benzene rings is 1. The van der Waals surface area contributed by atoms with E-state index in [2.05, 4.69) is 4.98 Å². The summed E-state index contributed by atoms with van der Waals surface area (Å²) in [5.74, 6) is 0.853. The standard InChI is InChI=1S/C16H17ClN2O/c1-12(2)16-18-14(17)11-15(20)19(16)10-6-9-13-7-4-3-5-8-13/h3-9,11-12H,10H2,1-2H3/b9-6+. The van der Waals surface area contributed by atoms with E-state index in [1.54, 1.807) is 4.57 Å². The molecule has 0 saturated carbocycles. The number of halogens is 1. The summed E-state index contributed by atoms with van der Waals surface area (Å²) in [7, 11) is 0. The van der Waals surface area contributed by atoms with Gasteiger partial charge >= 0.3 is 0 Å². The number of hydrogen-bond donors (Lipinski definition) is 0. The third kappa shape index (κ3) is 3.58. The van der Waals surface area contributed by atoms with Crippen molar-refractivity contribution in [2.75, 3.05) is 0 Å². The molecule has 104 valence electrons. The Balaban J connectivity index is 2.26. The molecule has 0 N–H and O–H groups in total. The number of nitrogens with zero attached hydrogens (tertiary/aromatic N) is 2. The fourth-order valence-electron chi connectivity index (χ4n) is 1.98. The zero-order valence-electron chi connectivity index (χ0n) is 11.6. The lowest BCUT2D eigenvalue weighted by Crippen LogP contribution is -2.24. The second kappa shape index (κ2) is 6.53. The molecule has 0 bridgehead atoms. The van der Waals surface area contributed by atoms with Gasteiger partial charge in [0.1, 0.15) is 11.0 Å². The Morgan fingerprint density at radius 2 is 2.00 bits per heavy atom. The first-order valence-electron chi connectivity index (χ1n) is 6.57. The Morgan fingerprint density at radius 1 is 1.30 bits per heavy atom. The summed E-state index contributed by atoms with van der Waals surface area (Å²) in [6.45, 7) is 4.48. The van der Waals surface area contributed by atoms with E-state index >= 15 is 0 Å². The second-order valence-corrected chi connectivity index (χ2v) is 5.24. The van der Waals surface area contributed by atoms with E-state index in [4.69, 9.17) is 11.6 Å². The minimum absolute atomic E-state index is 0.119. The largest absolute Gasteiger partial charge is 0.292 e. The lowest BCUT2D eigenvalue weighted by molar-refractivity contribution is 0.633. The van der Waals surface area contributed by atoms with Crippen molar-refractivity contribution in [3.05, 3.63) is 69.4 Å². The maximum absolute atomic E-state index is 12.0. The summed E-state index contributed by atoms with van der Waals surface area (Å²) in [6.07, 6.45) is 3.95. The molecule has 0 radical (unpaired) electrons. The van der Waals surface area contributed by atoms with E-state index in [9.17, 15) is 4.79 Å². The molecule has 2 rings (SSSR count). The zero-order chi connectivity index (χ0) is 14.5. The molecule has 0 unspecified atom stereocenters. The van der Waals surface area contributed by atoms with Gasteiger partial charge in [0.05, 0.1) is 0 Å². The Kier molecular flexibility index (Phi) is 4.74. The Morgan fingerprint density at radius 3 is 2.65 bits per heavy atom. The third-order valence-electron chi connectivity index (χ3n) is 2.92. The van der Waals surface area contributed by atoms with E-state index in [1.807, 2.05) is 56.3 Å². The molecule has 1 aromatic heterocycles. The van der Waals surface area contributed by atoms with Gasteiger partial charge in [-0.15, -0.1) is 0 Å². The molecule has 2 aromatic rings. The van der Waals surface area contributed by atoms with Gasteiger partial charge in [-0.25, -0.2) is 4.98 Å². The molecule has 4 heteroatoms. The summed E-state index contributed by atoms with van der Waals surface area (Å²) in [6, 6.07) is 11.3. The predicted molar refractivity (Wildman–Crippen MR) is 83.1 cm³/mol. The minimum Gasteiger partial charge on any atom is -0.292 e. The first-order chi connectivity index (χ1) is 9.58. The van der Waals surface area contributed by atoms with Crippen LogP contribution in [-0.2, 0) is 6.54 Å². The highest BCUT2D eigenvalue weighted by Crippen LogP contribution is 2.13. The number of aromatic nitrogens is 2. The van der Waals surface area contributed by atoms with E-state index < -0.39 is 0 Å². The highest BCUT2D eigenvalue weighted by atomic mass is 35.5. The molecule has 3 nitrogen and oxygen atoms in total. The van der Waals surface area contributed by atoms with Gasteiger partial charge in [0.25, 0.3) is 5.56 Å². The van der Waals surface area contributed by atoms with Gasteiger partial charge in [0.2, 0.25) is 0 Å². The van der Waals surface area contributed by atoms with Crippen molar-refractivity contribution in [1.82, 2.24) is 9.55 Å². The lowest BCUT2D eigenvalue weighted by Gasteiger charge is -2.12. The van der Waals surface area contributed by atoms with Gasteiger partial charge in [-0.3, -0.25) is 9.36 Å². The van der Waals surface area contributed by atoms with Crippen LogP contribution in [0.2, 0.25) is 5.15 Å². The molecule has 20 heavy (non-hydrogen) atoms. The lowest BCUT2D eigenvalue weighted by atomic mass is 10.2. The fourth-order valence-corrected chi connectivity index (χ4v) is 2.16. The number of allylic oxidation sites excluding steroid dienone is 1. The second-order valence-electron chi connectivity index (χ2n) is 4.85. The van der Waals surface area contributed by atoms with Crippen LogP contribution in [0.15, 0.2) is 47.3 Å². The first kappa shape index (κ1) is 14.5. The Bertz CT molecular complexity index is 660. The maximum Gasteiger partial charge on any atom is 0.255 e. The highest BCUT2D eigenvalue weighted by Gasteiger charge is 2.10. The van der Waals surface area contributed by atoms with E-state index in [1.165, 1.54) is 6.07 Å². The SMILES string of the molecule is CC(C)c1nc(Cl)cc(=O)n1C/C=C/c1ccccc1. The summed E-state index contributed by atoms with van der Waals surface area (Å²) < 4.78 is 1.65. The average Bonchev–Trinajstić information content (AvgIpc) is 2.41. The Hall–Kier alpha value is -1.87. The fraction of sp³-hybridized carbons (Fsp3) is 0.250. The van der Waals surface area contributed by atoms with Crippen LogP contribution in [0, 0.1) is 0 Å². The molecular formula is C16H17ClN2O. The van der Waals surface area contributed by atoms with Crippen LogP contribution in [0.5, 0.6) is 0 Å². The van der Waals surface area contributed by atoms with Crippen LogP contribution in [0.3, 0.4) is 0 Å². The topological polar surface area (TPSA) is 34.9 Å². The van der Waals surface area contributed by atoms with Crippen LogP contribution in [0.1, 0.15) is 31.2 Å². The van der Waals surface area contributed by atoms with Crippen molar-refractivity contribution < 1.29 is 0 Å². The van der Waals surface area contributed by atoms with E-state index in [0.717, 1.165) is 5.56 Å². The molecule has 0 atom stereocenters. The van der Waals surface area contributed by atoms with Crippen LogP contribution in [-0.4, -0.2) is 9.55 Å². The molecule has 0 fully saturated rings. The molecule has 1 heterocycles. The number of hydrogen-bond acceptors (Lipinski definition) is 2. The zero-order valence-corrected chi connectivity index (χ0v) is 12.3. The molecule has 0 aliphatic carbocycles. The van der Waals surface area contributed by atoms with Crippen molar-refractivity contribution in [1.29, 1.82) is 0 Å². The monoisotopic (exact) mass is 288 g/mol. The van der Waals surface area contributed by atoms with Crippen LogP contribution < -0.4 is 5.56 Å². The minimum atomic E-state index is -0.119. The van der Waals surface area contributed by atoms with Gasteiger partial charge < -0.3 is 0 Å². The molecular weight excluding hydrogens is 272 g/mol. The van der Waals surface area contributed by atoms with Crippen LogP contribution >= 0.6 is 11.6 Å². The van der Waals surface area contributed by atoms with Gasteiger partial charge in [-0.2, -0.15) is 0 Å². The molecule has 1 aromatic carbocycles. The summed E-state index contributed by atoms with van der Waals surface area (Å²) in [5.41, 5.74) is 0.986. The van der Waals surface area contributed by atoms with Crippen molar-refractivity contribution in [3.8, 4) is 0 Å².